The maximum atomic E-state index is 12.1. The van der Waals surface area contributed by atoms with Crippen molar-refractivity contribution in [2.24, 2.45) is 0 Å². The van der Waals surface area contributed by atoms with Crippen LogP contribution in [0.15, 0.2) is 42.5 Å². The third kappa shape index (κ3) is 2.99. The van der Waals surface area contributed by atoms with E-state index in [9.17, 15) is 9.59 Å². The van der Waals surface area contributed by atoms with Crippen molar-refractivity contribution in [2.45, 2.75) is 25.8 Å². The molecule has 1 aliphatic rings. The van der Waals surface area contributed by atoms with E-state index in [0.29, 0.717) is 19.6 Å². The third-order valence-corrected chi connectivity index (χ3v) is 3.98. The van der Waals surface area contributed by atoms with E-state index in [1.165, 1.54) is 4.90 Å². The molecule has 3 amide bonds. The van der Waals surface area contributed by atoms with Gasteiger partial charge in [-0.05, 0) is 31.7 Å². The maximum absolute atomic E-state index is 12.1. The lowest BCUT2D eigenvalue weighted by atomic mass is 10.1. The van der Waals surface area contributed by atoms with E-state index in [2.05, 4.69) is 5.32 Å². The molecule has 1 N–H and O–H groups in total. The van der Waals surface area contributed by atoms with E-state index in [-0.39, 0.29) is 11.9 Å². The summed E-state index contributed by atoms with van der Waals surface area (Å²) in [6, 6.07) is 13.6. The van der Waals surface area contributed by atoms with E-state index >= 15 is 0 Å². The molecule has 5 heteroatoms. The van der Waals surface area contributed by atoms with Crippen molar-refractivity contribution in [1.29, 1.82) is 0 Å². The lowest BCUT2D eigenvalue weighted by Gasteiger charge is -2.16. The molecular formula is C18H20N2O3. The molecule has 0 unspecified atom stereocenters. The number of benzene rings is 2. The number of amides is 3. The molecule has 2 aromatic carbocycles. The van der Waals surface area contributed by atoms with Crippen molar-refractivity contribution in [2.75, 3.05) is 13.2 Å². The summed E-state index contributed by atoms with van der Waals surface area (Å²) in [7, 11) is 0. The van der Waals surface area contributed by atoms with Crippen LogP contribution in [0, 0.1) is 0 Å². The van der Waals surface area contributed by atoms with Gasteiger partial charge in [0.2, 0.25) is 0 Å². The van der Waals surface area contributed by atoms with E-state index in [1.807, 2.05) is 42.5 Å². The highest BCUT2D eigenvalue weighted by Gasteiger charge is 2.43. The third-order valence-electron chi connectivity index (χ3n) is 3.98. The molecule has 5 nitrogen and oxygen atoms in total. The van der Waals surface area contributed by atoms with Gasteiger partial charge in [-0.2, -0.15) is 0 Å². The Balaban J connectivity index is 1.58. The van der Waals surface area contributed by atoms with Gasteiger partial charge in [-0.15, -0.1) is 0 Å². The predicted molar refractivity (Wildman–Crippen MR) is 88.4 cm³/mol. The maximum Gasteiger partial charge on any atom is 0.325 e. The van der Waals surface area contributed by atoms with Crippen molar-refractivity contribution in [3.8, 4) is 5.75 Å². The summed E-state index contributed by atoms with van der Waals surface area (Å²) in [4.78, 5) is 25.1. The molecule has 1 aliphatic heterocycles. The van der Waals surface area contributed by atoms with Crippen LogP contribution >= 0.6 is 0 Å². The fourth-order valence-corrected chi connectivity index (χ4v) is 2.75. The minimum Gasteiger partial charge on any atom is -0.493 e. The fourth-order valence-electron chi connectivity index (χ4n) is 2.75. The van der Waals surface area contributed by atoms with Gasteiger partial charge in [-0.25, -0.2) is 4.79 Å². The van der Waals surface area contributed by atoms with E-state index in [0.717, 1.165) is 16.5 Å². The Kier molecular flexibility index (Phi) is 3.94. The normalized spacial score (nSPS) is 16.7. The number of urea groups is 1. The minimum atomic E-state index is -0.812. The molecule has 0 aliphatic carbocycles. The van der Waals surface area contributed by atoms with Crippen LogP contribution in [0.25, 0.3) is 10.8 Å². The molecule has 2 aromatic rings. The van der Waals surface area contributed by atoms with Crippen LogP contribution in [0.3, 0.4) is 0 Å². The number of carbonyl (C=O) groups is 2. The monoisotopic (exact) mass is 312 g/mol. The number of nitrogens with zero attached hydrogens (tertiary/aromatic N) is 1. The molecule has 1 saturated heterocycles. The van der Waals surface area contributed by atoms with Gasteiger partial charge in [0.1, 0.15) is 11.3 Å². The average Bonchev–Trinajstić information content (AvgIpc) is 2.72. The first-order valence-corrected chi connectivity index (χ1v) is 7.74. The molecule has 1 fully saturated rings. The predicted octanol–water partition coefficient (Wildman–Crippen LogP) is 2.94. The SMILES string of the molecule is CC1(C)NC(=O)N(CCCOc2cccc3ccccc23)C1=O. The van der Waals surface area contributed by atoms with Gasteiger partial charge < -0.3 is 10.1 Å². The molecule has 1 heterocycles. The fraction of sp³-hybridized carbons (Fsp3) is 0.333. The Morgan fingerprint density at radius 2 is 1.83 bits per heavy atom. The van der Waals surface area contributed by atoms with Crippen LogP contribution in [0.2, 0.25) is 0 Å². The van der Waals surface area contributed by atoms with Gasteiger partial charge in [-0.1, -0.05) is 36.4 Å². The van der Waals surface area contributed by atoms with Crippen molar-refractivity contribution >= 4 is 22.7 Å². The summed E-state index contributed by atoms with van der Waals surface area (Å²) in [5.74, 6) is 0.633. The number of nitrogens with one attached hydrogen (secondary N) is 1. The zero-order chi connectivity index (χ0) is 16.4. The Morgan fingerprint density at radius 1 is 1.09 bits per heavy atom. The Bertz CT molecular complexity index is 750. The van der Waals surface area contributed by atoms with Crippen molar-refractivity contribution in [3.63, 3.8) is 0 Å². The lowest BCUT2D eigenvalue weighted by Crippen LogP contribution is -2.40. The van der Waals surface area contributed by atoms with Gasteiger partial charge in [0, 0.05) is 11.9 Å². The second-order valence-corrected chi connectivity index (χ2v) is 6.19. The number of fused-ring (bicyclic) bond motifs is 1. The standard InChI is InChI=1S/C18H20N2O3/c1-18(2)16(21)20(17(22)19-18)11-6-12-23-15-10-5-8-13-7-3-4-9-14(13)15/h3-5,7-10H,6,11-12H2,1-2H3,(H,19,22). The van der Waals surface area contributed by atoms with E-state index in [1.54, 1.807) is 13.8 Å². The molecule has 0 bridgehead atoms. The topological polar surface area (TPSA) is 58.6 Å². The van der Waals surface area contributed by atoms with Crippen LogP contribution in [0.4, 0.5) is 4.79 Å². The van der Waals surface area contributed by atoms with Crippen LogP contribution in [-0.4, -0.2) is 35.5 Å². The van der Waals surface area contributed by atoms with Crippen molar-refractivity contribution < 1.29 is 14.3 Å². The van der Waals surface area contributed by atoms with Crippen molar-refractivity contribution in [1.82, 2.24) is 10.2 Å². The summed E-state index contributed by atoms with van der Waals surface area (Å²) in [6.07, 6.45) is 0.596. The highest BCUT2D eigenvalue weighted by molar-refractivity contribution is 6.06. The molecule has 0 spiro atoms. The van der Waals surface area contributed by atoms with Crippen LogP contribution in [0.5, 0.6) is 5.75 Å². The molecule has 0 radical (unpaired) electrons. The second-order valence-electron chi connectivity index (χ2n) is 6.19. The minimum absolute atomic E-state index is 0.187. The average molecular weight is 312 g/mol. The molecule has 23 heavy (non-hydrogen) atoms. The number of rotatable bonds is 5. The van der Waals surface area contributed by atoms with Gasteiger partial charge in [0.05, 0.1) is 6.61 Å². The molecule has 0 atom stereocenters. The number of ether oxygens (including phenoxy) is 1. The van der Waals surface area contributed by atoms with Crippen LogP contribution < -0.4 is 10.1 Å². The molecular weight excluding hydrogens is 292 g/mol. The first-order chi connectivity index (χ1) is 11.0. The highest BCUT2D eigenvalue weighted by Crippen LogP contribution is 2.25. The van der Waals surface area contributed by atoms with Gasteiger partial charge in [0.25, 0.3) is 5.91 Å². The number of carbonyl (C=O) groups excluding carboxylic acids is 2. The number of hydrogen-bond acceptors (Lipinski definition) is 3. The zero-order valence-electron chi connectivity index (χ0n) is 13.3. The second kappa shape index (κ2) is 5.91. The summed E-state index contributed by atoms with van der Waals surface area (Å²) < 4.78 is 5.83. The van der Waals surface area contributed by atoms with Gasteiger partial charge in [0.15, 0.2) is 0 Å². The molecule has 3 rings (SSSR count). The Morgan fingerprint density at radius 3 is 2.57 bits per heavy atom. The van der Waals surface area contributed by atoms with Gasteiger partial charge in [-0.3, -0.25) is 9.69 Å². The summed E-state index contributed by atoms with van der Waals surface area (Å²) in [6.45, 7) is 4.23. The number of imide groups is 1. The molecule has 0 aromatic heterocycles. The smallest absolute Gasteiger partial charge is 0.325 e. The lowest BCUT2D eigenvalue weighted by molar-refractivity contribution is -0.130. The van der Waals surface area contributed by atoms with Crippen LogP contribution in [0.1, 0.15) is 20.3 Å². The Labute approximate surface area is 135 Å². The van der Waals surface area contributed by atoms with Crippen LogP contribution in [-0.2, 0) is 4.79 Å². The van der Waals surface area contributed by atoms with E-state index < -0.39 is 5.54 Å². The first-order valence-electron chi connectivity index (χ1n) is 7.74. The molecule has 120 valence electrons. The highest BCUT2D eigenvalue weighted by atomic mass is 16.5. The summed E-state index contributed by atoms with van der Waals surface area (Å²) in [5.41, 5.74) is -0.812. The Hall–Kier alpha value is -2.56. The zero-order valence-corrected chi connectivity index (χ0v) is 13.3. The summed E-state index contributed by atoms with van der Waals surface area (Å²) in [5, 5.41) is 4.86. The quantitative estimate of drug-likeness (QED) is 0.682. The van der Waals surface area contributed by atoms with Crippen molar-refractivity contribution in [3.05, 3.63) is 42.5 Å². The van der Waals surface area contributed by atoms with Gasteiger partial charge >= 0.3 is 6.03 Å². The first kappa shape index (κ1) is 15.3. The van der Waals surface area contributed by atoms with E-state index in [4.69, 9.17) is 4.74 Å². The molecule has 0 saturated carbocycles. The number of hydrogen-bond donors (Lipinski definition) is 1. The largest absolute Gasteiger partial charge is 0.493 e. The summed E-state index contributed by atoms with van der Waals surface area (Å²) >= 11 is 0.